The van der Waals surface area contributed by atoms with Gasteiger partial charge in [-0.2, -0.15) is 4.31 Å². The van der Waals surface area contributed by atoms with Gasteiger partial charge in [-0.15, -0.1) is 10.2 Å². The first-order valence-corrected chi connectivity index (χ1v) is 9.89. The Balaban J connectivity index is 1.79. The highest BCUT2D eigenvalue weighted by Gasteiger charge is 2.23. The summed E-state index contributed by atoms with van der Waals surface area (Å²) in [5, 5.41) is 7.94. The Morgan fingerprint density at radius 3 is 2.68 bits per heavy atom. The van der Waals surface area contributed by atoms with Gasteiger partial charge in [0.15, 0.2) is 11.5 Å². The molecule has 0 bridgehead atoms. The lowest BCUT2D eigenvalue weighted by Gasteiger charge is -2.14. The molecule has 0 fully saturated rings. The molecule has 0 radical (unpaired) electrons. The third-order valence-corrected chi connectivity index (χ3v) is 5.66. The van der Waals surface area contributed by atoms with Crippen LogP contribution in [0.4, 0.5) is 0 Å². The maximum atomic E-state index is 12.6. The van der Waals surface area contributed by atoms with Gasteiger partial charge in [-0.3, -0.25) is 4.98 Å². The molecular formula is C18H20N4O5S. The smallest absolute Gasteiger partial charge is 0.247 e. The zero-order chi connectivity index (χ0) is 20.1. The molecule has 148 valence electrons. The predicted molar refractivity (Wildman–Crippen MR) is 100 cm³/mol. The minimum Gasteiger partial charge on any atom is -0.493 e. The van der Waals surface area contributed by atoms with Crippen LogP contribution in [0.15, 0.2) is 52.0 Å². The Kier molecular flexibility index (Phi) is 5.90. The second-order valence-electron chi connectivity index (χ2n) is 5.75. The molecule has 0 unspecified atom stereocenters. The van der Waals surface area contributed by atoms with Crippen LogP contribution in [0.2, 0.25) is 0 Å². The number of nitrogens with zero attached hydrogens (tertiary/aromatic N) is 4. The van der Waals surface area contributed by atoms with E-state index in [2.05, 4.69) is 15.2 Å². The minimum absolute atomic E-state index is 0.0710. The molecule has 2 heterocycles. The van der Waals surface area contributed by atoms with E-state index in [1.165, 1.54) is 25.5 Å². The number of aromatic nitrogens is 3. The average molecular weight is 404 g/mol. The fraction of sp³-hybridized carbons (Fsp3) is 0.278. The van der Waals surface area contributed by atoms with Crippen LogP contribution >= 0.6 is 0 Å². The molecule has 0 atom stereocenters. The van der Waals surface area contributed by atoms with Crippen molar-refractivity contribution in [2.45, 2.75) is 18.4 Å². The van der Waals surface area contributed by atoms with Crippen molar-refractivity contribution in [3.05, 3.63) is 48.6 Å². The van der Waals surface area contributed by atoms with Crippen molar-refractivity contribution in [1.82, 2.24) is 19.5 Å². The summed E-state index contributed by atoms with van der Waals surface area (Å²) in [5.41, 5.74) is 0.636. The third kappa shape index (κ3) is 4.12. The topological polar surface area (TPSA) is 108 Å². The molecule has 0 aliphatic rings. The van der Waals surface area contributed by atoms with Crippen LogP contribution in [0, 0.1) is 0 Å². The van der Waals surface area contributed by atoms with Gasteiger partial charge in [-0.05, 0) is 37.3 Å². The van der Waals surface area contributed by atoms with Gasteiger partial charge in [0.2, 0.25) is 21.8 Å². The van der Waals surface area contributed by atoms with E-state index in [9.17, 15) is 8.42 Å². The number of benzene rings is 1. The normalized spacial score (nSPS) is 11.6. The summed E-state index contributed by atoms with van der Waals surface area (Å²) in [7, 11) is -0.731. The molecule has 0 saturated carbocycles. The van der Waals surface area contributed by atoms with Crippen molar-refractivity contribution >= 4 is 10.0 Å². The molecule has 0 saturated heterocycles. The Morgan fingerprint density at radius 1 is 1.18 bits per heavy atom. The molecule has 0 amide bonds. The van der Waals surface area contributed by atoms with Gasteiger partial charge in [-0.25, -0.2) is 8.42 Å². The SMILES string of the molecule is CCOc1ccc(-c2nnc(CN(C)S(=O)(=O)c3cccnc3)o2)cc1OC. The summed E-state index contributed by atoms with van der Waals surface area (Å²) in [6.45, 7) is 2.32. The number of sulfonamides is 1. The van der Waals surface area contributed by atoms with Gasteiger partial charge >= 0.3 is 0 Å². The maximum Gasteiger partial charge on any atom is 0.247 e. The van der Waals surface area contributed by atoms with E-state index in [4.69, 9.17) is 13.9 Å². The number of methoxy groups -OCH3 is 1. The first kappa shape index (κ1) is 19.8. The van der Waals surface area contributed by atoms with Crippen molar-refractivity contribution in [3.8, 4) is 23.0 Å². The van der Waals surface area contributed by atoms with Crippen LogP contribution in [0.25, 0.3) is 11.5 Å². The van der Waals surface area contributed by atoms with E-state index in [0.717, 1.165) is 4.31 Å². The fourth-order valence-electron chi connectivity index (χ4n) is 2.46. The molecule has 9 nitrogen and oxygen atoms in total. The molecular weight excluding hydrogens is 384 g/mol. The molecule has 0 aliphatic carbocycles. The van der Waals surface area contributed by atoms with Crippen LogP contribution in [-0.2, 0) is 16.6 Å². The molecule has 0 aliphatic heterocycles. The van der Waals surface area contributed by atoms with Gasteiger partial charge in [0, 0.05) is 25.0 Å². The van der Waals surface area contributed by atoms with Crippen molar-refractivity contribution < 1.29 is 22.3 Å². The monoisotopic (exact) mass is 404 g/mol. The standard InChI is InChI=1S/C18H20N4O5S/c1-4-26-15-8-7-13(10-16(15)25-3)18-21-20-17(27-18)12-22(2)28(23,24)14-6-5-9-19-11-14/h5-11H,4,12H2,1-3H3. The highest BCUT2D eigenvalue weighted by Crippen LogP contribution is 2.32. The number of ether oxygens (including phenoxy) is 2. The molecule has 0 N–H and O–H groups in total. The van der Waals surface area contributed by atoms with Gasteiger partial charge in [-0.1, -0.05) is 0 Å². The molecule has 2 aromatic heterocycles. The average Bonchev–Trinajstić information content (AvgIpc) is 3.17. The maximum absolute atomic E-state index is 12.6. The lowest BCUT2D eigenvalue weighted by molar-refractivity contribution is 0.311. The minimum atomic E-state index is -3.71. The Hall–Kier alpha value is -2.98. The van der Waals surface area contributed by atoms with E-state index in [-0.39, 0.29) is 23.2 Å². The second kappa shape index (κ2) is 8.36. The van der Waals surface area contributed by atoms with E-state index in [1.54, 1.807) is 31.4 Å². The van der Waals surface area contributed by atoms with Crippen molar-refractivity contribution in [3.63, 3.8) is 0 Å². The van der Waals surface area contributed by atoms with Crippen LogP contribution < -0.4 is 9.47 Å². The van der Waals surface area contributed by atoms with Crippen molar-refractivity contribution in [2.75, 3.05) is 20.8 Å². The fourth-order valence-corrected chi connectivity index (χ4v) is 3.55. The zero-order valence-corrected chi connectivity index (χ0v) is 16.5. The van der Waals surface area contributed by atoms with Gasteiger partial charge in [0.25, 0.3) is 0 Å². The van der Waals surface area contributed by atoms with Gasteiger partial charge < -0.3 is 13.9 Å². The number of pyridine rings is 1. The summed E-state index contributed by atoms with van der Waals surface area (Å²) in [4.78, 5) is 3.93. The lowest BCUT2D eigenvalue weighted by atomic mass is 10.2. The molecule has 10 heteroatoms. The van der Waals surface area contributed by atoms with Gasteiger partial charge in [0.1, 0.15) is 4.90 Å². The predicted octanol–water partition coefficient (Wildman–Crippen LogP) is 2.36. The van der Waals surface area contributed by atoms with Crippen LogP contribution in [0.3, 0.4) is 0 Å². The molecule has 3 rings (SSSR count). The number of hydrogen-bond donors (Lipinski definition) is 0. The first-order valence-electron chi connectivity index (χ1n) is 8.45. The largest absolute Gasteiger partial charge is 0.493 e. The number of hydrogen-bond acceptors (Lipinski definition) is 8. The van der Waals surface area contributed by atoms with Crippen molar-refractivity contribution in [2.24, 2.45) is 0 Å². The Labute approximate surface area is 163 Å². The molecule has 28 heavy (non-hydrogen) atoms. The van der Waals surface area contributed by atoms with E-state index < -0.39 is 10.0 Å². The highest BCUT2D eigenvalue weighted by molar-refractivity contribution is 7.89. The summed E-state index contributed by atoms with van der Waals surface area (Å²) in [5.74, 6) is 1.56. The third-order valence-electron chi connectivity index (χ3n) is 3.88. The Bertz CT molecular complexity index is 1040. The van der Waals surface area contributed by atoms with Crippen LogP contribution in [-0.4, -0.2) is 48.7 Å². The van der Waals surface area contributed by atoms with E-state index in [1.807, 2.05) is 6.92 Å². The summed E-state index contributed by atoms with van der Waals surface area (Å²) in [6, 6.07) is 8.27. The van der Waals surface area contributed by atoms with E-state index in [0.29, 0.717) is 23.7 Å². The second-order valence-corrected chi connectivity index (χ2v) is 7.79. The Morgan fingerprint density at radius 2 is 2.00 bits per heavy atom. The molecule has 3 aromatic rings. The van der Waals surface area contributed by atoms with Crippen LogP contribution in [0.5, 0.6) is 11.5 Å². The van der Waals surface area contributed by atoms with Crippen LogP contribution in [0.1, 0.15) is 12.8 Å². The van der Waals surface area contributed by atoms with E-state index >= 15 is 0 Å². The quantitative estimate of drug-likeness (QED) is 0.563. The summed E-state index contributed by atoms with van der Waals surface area (Å²) < 4.78 is 42.7. The highest BCUT2D eigenvalue weighted by atomic mass is 32.2. The zero-order valence-electron chi connectivity index (χ0n) is 15.7. The summed E-state index contributed by atoms with van der Waals surface area (Å²) >= 11 is 0. The first-order chi connectivity index (χ1) is 13.5. The summed E-state index contributed by atoms with van der Waals surface area (Å²) in [6.07, 6.45) is 2.80. The number of rotatable bonds is 8. The molecule has 1 aromatic carbocycles. The lowest BCUT2D eigenvalue weighted by Crippen LogP contribution is -2.26. The van der Waals surface area contributed by atoms with Gasteiger partial charge in [0.05, 0.1) is 20.3 Å². The van der Waals surface area contributed by atoms with Crippen molar-refractivity contribution in [1.29, 1.82) is 0 Å². The molecule has 0 spiro atoms.